The molecule has 0 aliphatic rings. The molecule has 0 radical (unpaired) electrons. The second-order valence-corrected chi connectivity index (χ2v) is 5.82. The van der Waals surface area contributed by atoms with Gasteiger partial charge in [-0.1, -0.05) is 35.3 Å². The molecule has 0 aliphatic carbocycles. The average Bonchev–Trinajstić information content (AvgIpc) is 2.53. The number of benzene rings is 2. The molecule has 0 spiro atoms. The number of H-pyrrole nitrogens is 1. The Morgan fingerprint density at radius 1 is 1.13 bits per heavy atom. The third-order valence-electron chi connectivity index (χ3n) is 3.51. The molecule has 5 nitrogen and oxygen atoms in total. The molecule has 7 heteroatoms. The van der Waals surface area contributed by atoms with E-state index >= 15 is 0 Å². The van der Waals surface area contributed by atoms with Crippen LogP contribution in [-0.4, -0.2) is 16.7 Å². The standard InChI is InChI=1S/C16H12Cl2N2O3/c1-23-11-4-2-9(3-5-11)8-20-15(21)12-6-10(17)7-13(18)14(12)19-16(20)22/h2-7H,8H2,1H3,(H,19,22). The van der Waals surface area contributed by atoms with Gasteiger partial charge in [-0.15, -0.1) is 0 Å². The number of hydrogen-bond donors (Lipinski definition) is 1. The number of hydrogen-bond acceptors (Lipinski definition) is 3. The Bertz CT molecular complexity index is 991. The molecule has 0 atom stereocenters. The first-order valence-corrected chi connectivity index (χ1v) is 7.50. The smallest absolute Gasteiger partial charge is 0.329 e. The van der Waals surface area contributed by atoms with Gasteiger partial charge < -0.3 is 9.72 Å². The van der Waals surface area contributed by atoms with E-state index in [1.807, 2.05) is 0 Å². The number of nitrogens with one attached hydrogen (secondary N) is 1. The largest absolute Gasteiger partial charge is 0.497 e. The minimum Gasteiger partial charge on any atom is -0.497 e. The van der Waals surface area contributed by atoms with E-state index in [1.54, 1.807) is 31.4 Å². The van der Waals surface area contributed by atoms with Crippen LogP contribution in [-0.2, 0) is 6.54 Å². The molecular weight excluding hydrogens is 339 g/mol. The van der Waals surface area contributed by atoms with Gasteiger partial charge in [-0.2, -0.15) is 0 Å². The summed E-state index contributed by atoms with van der Waals surface area (Å²) in [5.41, 5.74) is 0.120. The molecule has 1 aromatic heterocycles. The van der Waals surface area contributed by atoms with E-state index in [9.17, 15) is 9.59 Å². The highest BCUT2D eigenvalue weighted by molar-refractivity contribution is 6.38. The first-order valence-electron chi connectivity index (χ1n) is 6.74. The SMILES string of the molecule is COc1ccc(Cn2c(=O)[nH]c3c(Cl)cc(Cl)cc3c2=O)cc1. The Hall–Kier alpha value is -2.24. The van der Waals surface area contributed by atoms with Crippen molar-refractivity contribution in [2.24, 2.45) is 0 Å². The number of halogens is 2. The lowest BCUT2D eigenvalue weighted by atomic mass is 10.2. The van der Waals surface area contributed by atoms with Crippen LogP contribution in [0.1, 0.15) is 5.56 Å². The molecule has 0 amide bonds. The van der Waals surface area contributed by atoms with Crippen LogP contribution in [0.4, 0.5) is 0 Å². The zero-order valence-electron chi connectivity index (χ0n) is 12.1. The molecule has 0 saturated heterocycles. The van der Waals surface area contributed by atoms with Crippen molar-refractivity contribution in [3.8, 4) is 5.75 Å². The molecule has 3 aromatic rings. The molecule has 0 fully saturated rings. The summed E-state index contributed by atoms with van der Waals surface area (Å²) in [5.74, 6) is 0.701. The van der Waals surface area contributed by atoms with E-state index in [1.165, 1.54) is 12.1 Å². The van der Waals surface area contributed by atoms with E-state index in [-0.39, 0.29) is 22.5 Å². The van der Waals surface area contributed by atoms with Crippen molar-refractivity contribution in [3.63, 3.8) is 0 Å². The van der Waals surface area contributed by atoms with Crippen molar-refractivity contribution in [1.82, 2.24) is 9.55 Å². The van der Waals surface area contributed by atoms with Gasteiger partial charge >= 0.3 is 5.69 Å². The molecule has 1 heterocycles. The summed E-state index contributed by atoms with van der Waals surface area (Å²) in [5, 5.41) is 0.844. The summed E-state index contributed by atoms with van der Waals surface area (Å²) < 4.78 is 6.19. The minimum absolute atomic E-state index is 0.137. The molecule has 3 rings (SSSR count). The van der Waals surface area contributed by atoms with Gasteiger partial charge in [0, 0.05) is 5.02 Å². The van der Waals surface area contributed by atoms with Gasteiger partial charge in [0.05, 0.1) is 29.6 Å². The van der Waals surface area contributed by atoms with Crippen LogP contribution < -0.4 is 16.0 Å². The van der Waals surface area contributed by atoms with Crippen LogP contribution in [0.15, 0.2) is 46.0 Å². The molecular formula is C16H12Cl2N2O3. The number of rotatable bonds is 3. The summed E-state index contributed by atoms with van der Waals surface area (Å²) in [6, 6.07) is 10.1. The summed E-state index contributed by atoms with van der Waals surface area (Å²) in [6.45, 7) is 0.137. The van der Waals surface area contributed by atoms with Crippen LogP contribution in [0.2, 0.25) is 10.0 Å². The quantitative estimate of drug-likeness (QED) is 0.789. The number of aromatic amines is 1. The van der Waals surface area contributed by atoms with Gasteiger partial charge in [0.1, 0.15) is 5.75 Å². The fraction of sp³-hybridized carbons (Fsp3) is 0.125. The molecule has 0 bridgehead atoms. The highest BCUT2D eigenvalue weighted by atomic mass is 35.5. The third kappa shape index (κ3) is 2.98. The van der Waals surface area contributed by atoms with Gasteiger partial charge in [-0.3, -0.25) is 9.36 Å². The highest BCUT2D eigenvalue weighted by Crippen LogP contribution is 2.23. The Labute approximate surface area is 141 Å². The lowest BCUT2D eigenvalue weighted by Gasteiger charge is -2.08. The summed E-state index contributed by atoms with van der Waals surface area (Å²) in [6.07, 6.45) is 0. The van der Waals surface area contributed by atoms with Crippen LogP contribution in [0.25, 0.3) is 10.9 Å². The summed E-state index contributed by atoms with van der Waals surface area (Å²) >= 11 is 12.0. The summed E-state index contributed by atoms with van der Waals surface area (Å²) in [7, 11) is 1.57. The molecule has 23 heavy (non-hydrogen) atoms. The van der Waals surface area contributed by atoms with Gasteiger partial charge in [0.15, 0.2) is 0 Å². The van der Waals surface area contributed by atoms with Crippen molar-refractivity contribution >= 4 is 34.1 Å². The molecule has 118 valence electrons. The number of methoxy groups -OCH3 is 1. The van der Waals surface area contributed by atoms with Crippen LogP contribution in [0.3, 0.4) is 0 Å². The van der Waals surface area contributed by atoms with Gasteiger partial charge in [-0.25, -0.2) is 4.79 Å². The molecule has 0 aliphatic heterocycles. The topological polar surface area (TPSA) is 64.1 Å². The Morgan fingerprint density at radius 2 is 1.83 bits per heavy atom. The Morgan fingerprint density at radius 3 is 2.48 bits per heavy atom. The van der Waals surface area contributed by atoms with Crippen molar-refractivity contribution in [2.45, 2.75) is 6.54 Å². The predicted molar refractivity (Wildman–Crippen MR) is 90.9 cm³/mol. The van der Waals surface area contributed by atoms with Gasteiger partial charge in [0.25, 0.3) is 5.56 Å². The maximum atomic E-state index is 12.6. The lowest BCUT2D eigenvalue weighted by Crippen LogP contribution is -2.35. The average molecular weight is 351 g/mol. The Balaban J connectivity index is 2.13. The number of nitrogens with zero attached hydrogens (tertiary/aromatic N) is 1. The third-order valence-corrected chi connectivity index (χ3v) is 4.02. The minimum atomic E-state index is -0.525. The zero-order valence-corrected chi connectivity index (χ0v) is 13.6. The first-order chi connectivity index (χ1) is 11.0. The van der Waals surface area contributed by atoms with Crippen molar-refractivity contribution in [2.75, 3.05) is 7.11 Å². The maximum absolute atomic E-state index is 12.6. The first kappa shape index (κ1) is 15.6. The van der Waals surface area contributed by atoms with Crippen LogP contribution in [0, 0.1) is 0 Å². The normalized spacial score (nSPS) is 10.9. The molecule has 0 saturated carbocycles. The highest BCUT2D eigenvalue weighted by Gasteiger charge is 2.11. The number of aromatic nitrogens is 2. The molecule has 1 N–H and O–H groups in total. The zero-order chi connectivity index (χ0) is 16.6. The van der Waals surface area contributed by atoms with Crippen LogP contribution in [0.5, 0.6) is 5.75 Å². The predicted octanol–water partition coefficient (Wildman–Crippen LogP) is 3.05. The van der Waals surface area contributed by atoms with E-state index in [0.717, 1.165) is 10.1 Å². The van der Waals surface area contributed by atoms with Gasteiger partial charge in [-0.05, 0) is 29.8 Å². The van der Waals surface area contributed by atoms with Crippen molar-refractivity contribution < 1.29 is 4.74 Å². The number of fused-ring (bicyclic) bond motifs is 1. The maximum Gasteiger partial charge on any atom is 0.329 e. The van der Waals surface area contributed by atoms with E-state index in [0.29, 0.717) is 10.8 Å². The monoisotopic (exact) mass is 350 g/mol. The second kappa shape index (κ2) is 6.10. The second-order valence-electron chi connectivity index (χ2n) is 4.98. The summed E-state index contributed by atoms with van der Waals surface area (Å²) in [4.78, 5) is 27.4. The Kier molecular flexibility index (Phi) is 4.15. The number of ether oxygens (including phenoxy) is 1. The van der Waals surface area contributed by atoms with Crippen molar-refractivity contribution in [3.05, 3.63) is 72.8 Å². The van der Waals surface area contributed by atoms with Crippen molar-refractivity contribution in [1.29, 1.82) is 0 Å². The molecule has 0 unspecified atom stereocenters. The van der Waals surface area contributed by atoms with Crippen LogP contribution >= 0.6 is 23.2 Å². The van der Waals surface area contributed by atoms with E-state index in [2.05, 4.69) is 4.98 Å². The van der Waals surface area contributed by atoms with E-state index < -0.39 is 11.2 Å². The lowest BCUT2D eigenvalue weighted by molar-refractivity contribution is 0.414. The van der Waals surface area contributed by atoms with E-state index in [4.69, 9.17) is 27.9 Å². The fourth-order valence-corrected chi connectivity index (χ4v) is 2.88. The molecule has 2 aromatic carbocycles. The van der Waals surface area contributed by atoms with Gasteiger partial charge in [0.2, 0.25) is 0 Å². The fourth-order valence-electron chi connectivity index (χ4n) is 2.34.